The zero-order chi connectivity index (χ0) is 18.6. The molecule has 2 aliphatic heterocycles. The van der Waals surface area contributed by atoms with Crippen LogP contribution in [0.5, 0.6) is 0 Å². The number of ether oxygens (including phenoxy) is 1. The molecule has 0 aromatic carbocycles. The van der Waals surface area contributed by atoms with E-state index < -0.39 is 5.60 Å². The summed E-state index contributed by atoms with van der Waals surface area (Å²) in [5.74, 6) is 0.0368. The van der Waals surface area contributed by atoms with Crippen LogP contribution in [0.4, 0.5) is 4.79 Å². The first kappa shape index (κ1) is 19.2. The molecule has 25 heavy (non-hydrogen) atoms. The molecule has 1 fully saturated rings. The van der Waals surface area contributed by atoms with Gasteiger partial charge in [0.2, 0.25) is 5.91 Å². The quantitative estimate of drug-likeness (QED) is 0.830. The van der Waals surface area contributed by atoms with Crippen LogP contribution in [0.25, 0.3) is 0 Å². The maximum atomic E-state index is 12.4. The van der Waals surface area contributed by atoms with E-state index in [1.807, 2.05) is 20.8 Å². The first-order valence-corrected chi connectivity index (χ1v) is 8.74. The molecule has 1 saturated heterocycles. The van der Waals surface area contributed by atoms with Gasteiger partial charge in [-0.1, -0.05) is 0 Å². The highest BCUT2D eigenvalue weighted by molar-refractivity contribution is 6.39. The Kier molecular flexibility index (Phi) is 6.02. The molecule has 0 atom stereocenters. The van der Waals surface area contributed by atoms with Crippen LogP contribution in [-0.2, 0) is 14.3 Å². The van der Waals surface area contributed by atoms with Gasteiger partial charge in [-0.2, -0.15) is 5.10 Å². The standard InChI is InChI=1S/C17H28N4O4/c1-17(2,3)25-16(24)21-9-7-12(8-10-21)11-20(4)15(23)13-5-6-14(22)19-18-13/h12H,5-11H2,1-4H3,(H,19,22). The summed E-state index contributed by atoms with van der Waals surface area (Å²) in [4.78, 5) is 38.9. The lowest BCUT2D eigenvalue weighted by Gasteiger charge is -2.35. The number of carbonyl (C=O) groups is 3. The first-order valence-electron chi connectivity index (χ1n) is 8.74. The summed E-state index contributed by atoms with van der Waals surface area (Å²) in [6.45, 7) is 7.46. The van der Waals surface area contributed by atoms with Crippen molar-refractivity contribution in [2.75, 3.05) is 26.7 Å². The Bertz CT molecular complexity index is 559. The second kappa shape index (κ2) is 7.84. The van der Waals surface area contributed by atoms with E-state index in [4.69, 9.17) is 4.74 Å². The summed E-state index contributed by atoms with van der Waals surface area (Å²) < 4.78 is 5.39. The van der Waals surface area contributed by atoms with Gasteiger partial charge in [0.15, 0.2) is 0 Å². The number of likely N-dealkylation sites (tertiary alicyclic amines) is 1. The Morgan fingerprint density at radius 2 is 1.92 bits per heavy atom. The van der Waals surface area contributed by atoms with Crippen LogP contribution in [0.1, 0.15) is 46.5 Å². The van der Waals surface area contributed by atoms with Gasteiger partial charge in [-0.25, -0.2) is 10.2 Å². The minimum atomic E-state index is -0.489. The molecular formula is C17H28N4O4. The number of hydrazone groups is 1. The second-order valence-electron chi connectivity index (χ2n) is 7.69. The average molecular weight is 352 g/mol. The molecule has 0 aromatic rings. The normalized spacial score (nSPS) is 19.1. The van der Waals surface area contributed by atoms with Gasteiger partial charge in [-0.15, -0.1) is 0 Å². The van der Waals surface area contributed by atoms with E-state index >= 15 is 0 Å². The highest BCUT2D eigenvalue weighted by atomic mass is 16.6. The molecule has 0 aliphatic carbocycles. The van der Waals surface area contributed by atoms with Crippen LogP contribution < -0.4 is 5.43 Å². The highest BCUT2D eigenvalue weighted by Gasteiger charge is 2.29. The van der Waals surface area contributed by atoms with Gasteiger partial charge in [0.1, 0.15) is 11.3 Å². The van der Waals surface area contributed by atoms with Gasteiger partial charge in [-0.05, 0) is 39.5 Å². The lowest BCUT2D eigenvalue weighted by atomic mass is 9.96. The molecule has 2 aliphatic rings. The summed E-state index contributed by atoms with van der Waals surface area (Å²) in [5.41, 5.74) is 2.26. The van der Waals surface area contributed by atoms with Crippen molar-refractivity contribution in [1.82, 2.24) is 15.2 Å². The van der Waals surface area contributed by atoms with Gasteiger partial charge < -0.3 is 14.5 Å². The van der Waals surface area contributed by atoms with E-state index in [0.29, 0.717) is 44.1 Å². The van der Waals surface area contributed by atoms with Crippen LogP contribution in [0.15, 0.2) is 5.10 Å². The fraction of sp³-hybridized carbons (Fsp3) is 0.765. The highest BCUT2D eigenvalue weighted by Crippen LogP contribution is 2.20. The number of hydrogen-bond donors (Lipinski definition) is 1. The minimum Gasteiger partial charge on any atom is -0.444 e. The van der Waals surface area contributed by atoms with Crippen LogP contribution >= 0.6 is 0 Å². The molecule has 0 saturated carbocycles. The van der Waals surface area contributed by atoms with Crippen molar-refractivity contribution >= 4 is 23.6 Å². The molecule has 2 heterocycles. The van der Waals surface area contributed by atoms with E-state index in [1.54, 1.807) is 16.8 Å². The molecule has 0 spiro atoms. The molecule has 0 unspecified atom stereocenters. The molecule has 140 valence electrons. The van der Waals surface area contributed by atoms with Crippen LogP contribution in [-0.4, -0.2) is 65.7 Å². The van der Waals surface area contributed by atoms with Crippen LogP contribution in [0, 0.1) is 5.92 Å². The third-order valence-electron chi connectivity index (χ3n) is 4.30. The lowest BCUT2D eigenvalue weighted by Crippen LogP contribution is -2.45. The zero-order valence-corrected chi connectivity index (χ0v) is 15.5. The van der Waals surface area contributed by atoms with Gasteiger partial charge in [-0.3, -0.25) is 9.59 Å². The van der Waals surface area contributed by atoms with Crippen molar-refractivity contribution < 1.29 is 19.1 Å². The lowest BCUT2D eigenvalue weighted by molar-refractivity contribution is -0.124. The van der Waals surface area contributed by atoms with E-state index in [1.165, 1.54) is 0 Å². The average Bonchev–Trinajstić information content (AvgIpc) is 2.54. The van der Waals surface area contributed by atoms with Crippen molar-refractivity contribution in [3.63, 3.8) is 0 Å². The van der Waals surface area contributed by atoms with Crippen molar-refractivity contribution in [2.24, 2.45) is 11.0 Å². The monoisotopic (exact) mass is 352 g/mol. The Balaban J connectivity index is 1.78. The molecule has 2 rings (SSSR count). The molecule has 1 N–H and O–H groups in total. The topological polar surface area (TPSA) is 91.3 Å². The maximum absolute atomic E-state index is 12.4. The van der Waals surface area contributed by atoms with Gasteiger partial charge in [0.05, 0.1) is 0 Å². The van der Waals surface area contributed by atoms with Gasteiger partial charge >= 0.3 is 6.09 Å². The number of carbonyl (C=O) groups excluding carboxylic acids is 3. The smallest absolute Gasteiger partial charge is 0.410 e. The number of amides is 3. The Morgan fingerprint density at radius 3 is 2.44 bits per heavy atom. The fourth-order valence-electron chi connectivity index (χ4n) is 2.94. The number of rotatable bonds is 3. The Morgan fingerprint density at radius 1 is 1.28 bits per heavy atom. The molecule has 0 bridgehead atoms. The molecule has 8 heteroatoms. The third-order valence-corrected chi connectivity index (χ3v) is 4.30. The SMILES string of the molecule is CN(CC1CCN(C(=O)OC(C)(C)C)CC1)C(=O)C1=NNC(=O)CC1. The summed E-state index contributed by atoms with van der Waals surface area (Å²) in [6, 6.07) is 0. The van der Waals surface area contributed by atoms with E-state index in [2.05, 4.69) is 10.5 Å². The van der Waals surface area contributed by atoms with E-state index in [9.17, 15) is 14.4 Å². The number of hydrogen-bond acceptors (Lipinski definition) is 5. The summed E-state index contributed by atoms with van der Waals surface area (Å²) in [7, 11) is 1.75. The summed E-state index contributed by atoms with van der Waals surface area (Å²) in [6.07, 6.45) is 2.07. The Labute approximate surface area is 148 Å². The summed E-state index contributed by atoms with van der Waals surface area (Å²) in [5, 5.41) is 3.85. The zero-order valence-electron chi connectivity index (χ0n) is 15.5. The van der Waals surface area contributed by atoms with Crippen molar-refractivity contribution in [2.45, 2.75) is 52.1 Å². The van der Waals surface area contributed by atoms with Crippen molar-refractivity contribution in [3.8, 4) is 0 Å². The van der Waals surface area contributed by atoms with E-state index in [-0.39, 0.29) is 17.9 Å². The molecular weight excluding hydrogens is 324 g/mol. The molecule has 3 amide bonds. The Hall–Kier alpha value is -2.12. The van der Waals surface area contributed by atoms with Crippen LogP contribution in [0.3, 0.4) is 0 Å². The second-order valence-corrected chi connectivity index (χ2v) is 7.69. The number of nitrogens with zero attached hydrogens (tertiary/aromatic N) is 3. The van der Waals surface area contributed by atoms with Crippen molar-refractivity contribution in [1.29, 1.82) is 0 Å². The summed E-state index contributed by atoms with van der Waals surface area (Å²) >= 11 is 0. The van der Waals surface area contributed by atoms with Gasteiger partial charge in [0, 0.05) is 39.5 Å². The predicted octanol–water partition coefficient (Wildman–Crippen LogP) is 1.36. The van der Waals surface area contributed by atoms with Crippen LogP contribution in [0.2, 0.25) is 0 Å². The molecule has 0 aromatic heterocycles. The number of nitrogens with one attached hydrogen (secondary N) is 1. The first-order chi connectivity index (χ1) is 11.7. The van der Waals surface area contributed by atoms with E-state index in [0.717, 1.165) is 12.8 Å². The molecule has 0 radical (unpaired) electrons. The number of piperidine rings is 1. The predicted molar refractivity (Wildman–Crippen MR) is 93.0 cm³/mol. The maximum Gasteiger partial charge on any atom is 0.410 e. The molecule has 8 nitrogen and oxygen atoms in total. The fourth-order valence-corrected chi connectivity index (χ4v) is 2.94. The largest absolute Gasteiger partial charge is 0.444 e. The van der Waals surface area contributed by atoms with Gasteiger partial charge in [0.25, 0.3) is 5.91 Å². The minimum absolute atomic E-state index is 0.144. The van der Waals surface area contributed by atoms with Crippen molar-refractivity contribution in [3.05, 3.63) is 0 Å². The third kappa shape index (κ3) is 5.72.